The Bertz CT molecular complexity index is 297. The molecule has 2 heterocycles. The molecule has 0 atom stereocenters. The standard InChI is InChI=1S/C13H23N3/c1-13(4-7-16(2)8-5-13)11-15-10-12-3-6-14-9-12/h3,6,9,14-15H,4-5,7-8,10-11H2,1-2H3. The van der Waals surface area contributed by atoms with Crippen molar-refractivity contribution in [1.29, 1.82) is 0 Å². The van der Waals surface area contributed by atoms with Gasteiger partial charge in [-0.05, 0) is 50.0 Å². The van der Waals surface area contributed by atoms with E-state index in [1.165, 1.54) is 31.5 Å². The molecule has 1 aliphatic heterocycles. The number of aromatic nitrogens is 1. The third-order valence-electron chi connectivity index (χ3n) is 3.74. The Labute approximate surface area is 98.2 Å². The van der Waals surface area contributed by atoms with Gasteiger partial charge in [0.2, 0.25) is 0 Å². The highest BCUT2D eigenvalue weighted by Gasteiger charge is 2.28. The number of hydrogen-bond donors (Lipinski definition) is 2. The zero-order valence-corrected chi connectivity index (χ0v) is 10.4. The molecular weight excluding hydrogens is 198 g/mol. The molecule has 3 heteroatoms. The van der Waals surface area contributed by atoms with E-state index in [4.69, 9.17) is 0 Å². The zero-order chi connectivity index (χ0) is 11.4. The summed E-state index contributed by atoms with van der Waals surface area (Å²) in [6, 6.07) is 2.13. The number of nitrogens with one attached hydrogen (secondary N) is 2. The van der Waals surface area contributed by atoms with Crippen LogP contribution in [0.1, 0.15) is 25.3 Å². The molecular formula is C13H23N3. The summed E-state index contributed by atoms with van der Waals surface area (Å²) in [6.07, 6.45) is 6.66. The number of H-pyrrole nitrogens is 1. The number of aromatic amines is 1. The molecule has 16 heavy (non-hydrogen) atoms. The van der Waals surface area contributed by atoms with E-state index in [0.29, 0.717) is 5.41 Å². The van der Waals surface area contributed by atoms with Gasteiger partial charge in [-0.15, -0.1) is 0 Å². The lowest BCUT2D eigenvalue weighted by atomic mass is 9.80. The first-order valence-corrected chi connectivity index (χ1v) is 6.19. The molecule has 1 fully saturated rings. The molecule has 0 amide bonds. The van der Waals surface area contributed by atoms with E-state index in [1.54, 1.807) is 0 Å². The molecule has 0 bridgehead atoms. The van der Waals surface area contributed by atoms with Gasteiger partial charge in [-0.2, -0.15) is 0 Å². The van der Waals surface area contributed by atoms with E-state index in [9.17, 15) is 0 Å². The highest BCUT2D eigenvalue weighted by atomic mass is 15.1. The average molecular weight is 221 g/mol. The van der Waals surface area contributed by atoms with Crippen LogP contribution in [0.4, 0.5) is 0 Å². The molecule has 1 aromatic heterocycles. The predicted molar refractivity (Wildman–Crippen MR) is 67.3 cm³/mol. The first-order valence-electron chi connectivity index (χ1n) is 6.19. The highest BCUT2D eigenvalue weighted by Crippen LogP contribution is 2.29. The van der Waals surface area contributed by atoms with Crippen molar-refractivity contribution in [2.45, 2.75) is 26.3 Å². The van der Waals surface area contributed by atoms with Crippen LogP contribution in [0.5, 0.6) is 0 Å². The lowest BCUT2D eigenvalue weighted by Gasteiger charge is -2.38. The molecule has 0 unspecified atom stereocenters. The third-order valence-corrected chi connectivity index (χ3v) is 3.74. The molecule has 0 saturated carbocycles. The largest absolute Gasteiger partial charge is 0.367 e. The first-order chi connectivity index (χ1) is 7.68. The fraction of sp³-hybridized carbons (Fsp3) is 0.692. The van der Waals surface area contributed by atoms with Crippen molar-refractivity contribution in [1.82, 2.24) is 15.2 Å². The minimum atomic E-state index is 0.489. The minimum absolute atomic E-state index is 0.489. The molecule has 1 aromatic rings. The number of piperidine rings is 1. The van der Waals surface area contributed by atoms with Crippen molar-refractivity contribution >= 4 is 0 Å². The summed E-state index contributed by atoms with van der Waals surface area (Å²) in [4.78, 5) is 5.51. The molecule has 1 saturated heterocycles. The smallest absolute Gasteiger partial charge is 0.0220 e. The minimum Gasteiger partial charge on any atom is -0.367 e. The van der Waals surface area contributed by atoms with E-state index in [-0.39, 0.29) is 0 Å². The van der Waals surface area contributed by atoms with Crippen LogP contribution in [0.2, 0.25) is 0 Å². The second-order valence-electron chi connectivity index (χ2n) is 5.44. The van der Waals surface area contributed by atoms with Gasteiger partial charge in [-0.25, -0.2) is 0 Å². The average Bonchev–Trinajstić information content (AvgIpc) is 2.76. The van der Waals surface area contributed by atoms with Crippen LogP contribution in [0.15, 0.2) is 18.5 Å². The Balaban J connectivity index is 1.73. The molecule has 0 aromatic carbocycles. The van der Waals surface area contributed by atoms with Crippen LogP contribution >= 0.6 is 0 Å². The van der Waals surface area contributed by atoms with Crippen LogP contribution < -0.4 is 5.32 Å². The Morgan fingerprint density at radius 2 is 2.19 bits per heavy atom. The Kier molecular flexibility index (Phi) is 3.66. The van der Waals surface area contributed by atoms with Gasteiger partial charge in [0.25, 0.3) is 0 Å². The van der Waals surface area contributed by atoms with Crippen LogP contribution in [0.25, 0.3) is 0 Å². The van der Waals surface area contributed by atoms with Crippen molar-refractivity contribution in [2.75, 3.05) is 26.7 Å². The van der Waals surface area contributed by atoms with E-state index in [2.05, 4.69) is 41.4 Å². The van der Waals surface area contributed by atoms with Crippen LogP contribution in [-0.2, 0) is 6.54 Å². The summed E-state index contributed by atoms with van der Waals surface area (Å²) in [6.45, 7) is 7.00. The summed E-state index contributed by atoms with van der Waals surface area (Å²) in [5.41, 5.74) is 1.83. The number of hydrogen-bond acceptors (Lipinski definition) is 2. The SMILES string of the molecule is CN1CCC(C)(CNCc2cc[nH]c2)CC1. The van der Waals surface area contributed by atoms with Gasteiger partial charge >= 0.3 is 0 Å². The van der Waals surface area contributed by atoms with Crippen LogP contribution in [0, 0.1) is 5.41 Å². The molecule has 2 rings (SSSR count). The summed E-state index contributed by atoms with van der Waals surface area (Å²) >= 11 is 0. The van der Waals surface area contributed by atoms with Gasteiger partial charge in [0.1, 0.15) is 0 Å². The molecule has 0 radical (unpaired) electrons. The molecule has 2 N–H and O–H groups in total. The van der Waals surface area contributed by atoms with Crippen molar-refractivity contribution in [2.24, 2.45) is 5.41 Å². The van der Waals surface area contributed by atoms with Gasteiger partial charge in [0, 0.05) is 25.5 Å². The monoisotopic (exact) mass is 221 g/mol. The van der Waals surface area contributed by atoms with Gasteiger partial charge in [0.15, 0.2) is 0 Å². The first kappa shape index (κ1) is 11.7. The van der Waals surface area contributed by atoms with Crippen molar-refractivity contribution in [3.05, 3.63) is 24.0 Å². The van der Waals surface area contributed by atoms with E-state index in [1.807, 2.05) is 6.20 Å². The van der Waals surface area contributed by atoms with Gasteiger partial charge in [-0.3, -0.25) is 0 Å². The number of nitrogens with zero attached hydrogens (tertiary/aromatic N) is 1. The fourth-order valence-corrected chi connectivity index (χ4v) is 2.31. The molecule has 0 aliphatic carbocycles. The molecule has 90 valence electrons. The fourth-order valence-electron chi connectivity index (χ4n) is 2.31. The van der Waals surface area contributed by atoms with E-state index < -0.39 is 0 Å². The third kappa shape index (κ3) is 3.09. The lowest BCUT2D eigenvalue weighted by Crippen LogP contribution is -2.41. The van der Waals surface area contributed by atoms with Crippen molar-refractivity contribution in [3.63, 3.8) is 0 Å². The quantitative estimate of drug-likeness (QED) is 0.813. The predicted octanol–water partition coefficient (Wildman–Crippen LogP) is 1.84. The summed E-state index contributed by atoms with van der Waals surface area (Å²) in [5, 5.41) is 3.57. The second kappa shape index (κ2) is 5.02. The summed E-state index contributed by atoms with van der Waals surface area (Å²) in [7, 11) is 2.22. The molecule has 0 spiro atoms. The maximum Gasteiger partial charge on any atom is 0.0220 e. The highest BCUT2D eigenvalue weighted by molar-refractivity contribution is 5.07. The Hall–Kier alpha value is -0.800. The normalized spacial score (nSPS) is 21.1. The lowest BCUT2D eigenvalue weighted by molar-refractivity contribution is 0.137. The van der Waals surface area contributed by atoms with E-state index >= 15 is 0 Å². The van der Waals surface area contributed by atoms with Crippen LogP contribution in [-0.4, -0.2) is 36.6 Å². The Morgan fingerprint density at radius 1 is 1.44 bits per heavy atom. The topological polar surface area (TPSA) is 31.1 Å². The Morgan fingerprint density at radius 3 is 2.81 bits per heavy atom. The second-order valence-corrected chi connectivity index (χ2v) is 5.44. The van der Waals surface area contributed by atoms with Crippen molar-refractivity contribution < 1.29 is 0 Å². The van der Waals surface area contributed by atoms with E-state index in [0.717, 1.165) is 13.1 Å². The maximum atomic E-state index is 3.57. The van der Waals surface area contributed by atoms with Crippen LogP contribution in [0.3, 0.4) is 0 Å². The van der Waals surface area contributed by atoms with Gasteiger partial charge in [0.05, 0.1) is 0 Å². The maximum absolute atomic E-state index is 3.57. The summed E-state index contributed by atoms with van der Waals surface area (Å²) in [5.74, 6) is 0. The zero-order valence-electron chi connectivity index (χ0n) is 10.4. The molecule has 1 aliphatic rings. The molecule has 3 nitrogen and oxygen atoms in total. The summed E-state index contributed by atoms with van der Waals surface area (Å²) < 4.78 is 0. The number of rotatable bonds is 4. The number of likely N-dealkylation sites (tertiary alicyclic amines) is 1. The van der Waals surface area contributed by atoms with Gasteiger partial charge in [-0.1, -0.05) is 6.92 Å². The van der Waals surface area contributed by atoms with Crippen molar-refractivity contribution in [3.8, 4) is 0 Å². The van der Waals surface area contributed by atoms with Gasteiger partial charge < -0.3 is 15.2 Å².